The maximum absolute atomic E-state index is 12.5. The van der Waals surface area contributed by atoms with E-state index >= 15 is 0 Å². The molecule has 0 fully saturated rings. The fourth-order valence-electron chi connectivity index (χ4n) is 2.00. The summed E-state index contributed by atoms with van der Waals surface area (Å²) in [6.07, 6.45) is 8.45. The van der Waals surface area contributed by atoms with Gasteiger partial charge in [-0.25, -0.2) is 18.1 Å². The average molecular weight is 356 g/mol. The summed E-state index contributed by atoms with van der Waals surface area (Å²) in [6.45, 7) is 5.26. The van der Waals surface area contributed by atoms with Crippen molar-refractivity contribution in [3.63, 3.8) is 0 Å². The number of nitriles is 1. The van der Waals surface area contributed by atoms with Crippen molar-refractivity contribution >= 4 is 15.4 Å². The summed E-state index contributed by atoms with van der Waals surface area (Å²) >= 11 is 0. The first-order valence-electron chi connectivity index (χ1n) is 7.16. The van der Waals surface area contributed by atoms with E-state index in [4.69, 9.17) is 5.26 Å². The highest BCUT2D eigenvalue weighted by Crippen LogP contribution is 2.12. The van der Waals surface area contributed by atoms with Gasteiger partial charge in [-0.3, -0.25) is 9.89 Å². The summed E-state index contributed by atoms with van der Waals surface area (Å²) in [5.41, 5.74) is 1.11. The molecule has 25 heavy (non-hydrogen) atoms. The van der Waals surface area contributed by atoms with Crippen LogP contribution in [-0.2, 0) is 9.84 Å². The summed E-state index contributed by atoms with van der Waals surface area (Å²) in [4.78, 5) is 16.6. The molecule has 1 N–H and O–H groups in total. The van der Waals surface area contributed by atoms with Crippen LogP contribution < -0.4 is 5.56 Å². The molecular formula is C17H16N4O3S. The van der Waals surface area contributed by atoms with Gasteiger partial charge in [0.25, 0.3) is 5.56 Å². The molecule has 0 aromatic carbocycles. The van der Waals surface area contributed by atoms with Gasteiger partial charge in [-0.1, -0.05) is 18.7 Å². The van der Waals surface area contributed by atoms with Crippen LogP contribution in [0, 0.1) is 11.3 Å². The average Bonchev–Trinajstić information content (AvgIpc) is 2.96. The second-order valence-corrected chi connectivity index (χ2v) is 7.26. The fourth-order valence-corrected chi connectivity index (χ4v) is 2.56. The molecule has 2 aromatic rings. The van der Waals surface area contributed by atoms with Crippen molar-refractivity contribution in [1.29, 1.82) is 5.26 Å². The standard InChI is InChI=1S/C17H16N4O3S/c1-4-13(9-18)6-5-12(2)15-11-20-21(17(15)22)16-8-7-14(10-19-16)25(3,23)24/h4-8,10-11,20H,1H2,2-3H3/b12-5+,13-6+. The molecule has 0 aliphatic rings. The van der Waals surface area contributed by atoms with E-state index < -0.39 is 9.84 Å². The monoisotopic (exact) mass is 356 g/mol. The van der Waals surface area contributed by atoms with Crippen molar-refractivity contribution in [1.82, 2.24) is 14.8 Å². The minimum absolute atomic E-state index is 0.0748. The Hall–Kier alpha value is -3.18. The maximum atomic E-state index is 12.5. The van der Waals surface area contributed by atoms with Crippen molar-refractivity contribution < 1.29 is 8.42 Å². The molecule has 0 unspecified atom stereocenters. The molecule has 2 aromatic heterocycles. The largest absolute Gasteiger partial charge is 0.296 e. The number of aromatic amines is 1. The lowest BCUT2D eigenvalue weighted by Crippen LogP contribution is -2.18. The van der Waals surface area contributed by atoms with Crippen molar-refractivity contribution in [3.05, 3.63) is 70.8 Å². The number of nitrogens with one attached hydrogen (secondary N) is 1. The van der Waals surface area contributed by atoms with Crippen LogP contribution in [0.5, 0.6) is 0 Å². The summed E-state index contributed by atoms with van der Waals surface area (Å²) in [5.74, 6) is 0.274. The Morgan fingerprint density at radius 3 is 2.64 bits per heavy atom. The number of pyridine rings is 1. The van der Waals surface area contributed by atoms with E-state index in [9.17, 15) is 13.2 Å². The Morgan fingerprint density at radius 1 is 1.40 bits per heavy atom. The zero-order chi connectivity index (χ0) is 18.6. The number of hydrogen-bond acceptors (Lipinski definition) is 5. The molecule has 128 valence electrons. The van der Waals surface area contributed by atoms with E-state index in [1.165, 1.54) is 35.3 Å². The molecular weight excluding hydrogens is 340 g/mol. The van der Waals surface area contributed by atoms with Gasteiger partial charge in [0.05, 0.1) is 22.1 Å². The number of nitrogens with zero attached hydrogens (tertiary/aromatic N) is 3. The van der Waals surface area contributed by atoms with E-state index in [-0.39, 0.29) is 16.3 Å². The zero-order valence-corrected chi connectivity index (χ0v) is 14.5. The lowest BCUT2D eigenvalue weighted by Gasteiger charge is -2.02. The van der Waals surface area contributed by atoms with Crippen molar-refractivity contribution in [2.45, 2.75) is 11.8 Å². The number of rotatable bonds is 5. The first-order chi connectivity index (χ1) is 11.8. The lowest BCUT2D eigenvalue weighted by atomic mass is 10.1. The first kappa shape index (κ1) is 18.2. The summed E-state index contributed by atoms with van der Waals surface area (Å²) < 4.78 is 24.1. The Morgan fingerprint density at radius 2 is 2.12 bits per heavy atom. The molecule has 7 nitrogen and oxygen atoms in total. The van der Waals surface area contributed by atoms with Crippen LogP contribution in [0.3, 0.4) is 0 Å². The van der Waals surface area contributed by atoms with Crippen LogP contribution in [0.15, 0.2) is 64.6 Å². The van der Waals surface area contributed by atoms with Crippen molar-refractivity contribution in [2.75, 3.05) is 6.26 Å². The van der Waals surface area contributed by atoms with Gasteiger partial charge in [-0.05, 0) is 30.7 Å². The van der Waals surface area contributed by atoms with Crippen LogP contribution in [-0.4, -0.2) is 29.4 Å². The minimum atomic E-state index is -3.35. The van der Waals surface area contributed by atoms with Gasteiger partial charge in [0, 0.05) is 18.6 Å². The van der Waals surface area contributed by atoms with Crippen molar-refractivity contribution in [2.24, 2.45) is 0 Å². The van der Waals surface area contributed by atoms with Crippen LogP contribution in [0.1, 0.15) is 12.5 Å². The number of hydrogen-bond donors (Lipinski definition) is 1. The lowest BCUT2D eigenvalue weighted by molar-refractivity contribution is 0.601. The Kier molecular flexibility index (Phi) is 5.20. The first-order valence-corrected chi connectivity index (χ1v) is 9.05. The van der Waals surface area contributed by atoms with E-state index in [1.54, 1.807) is 19.1 Å². The van der Waals surface area contributed by atoms with Crippen LogP contribution in [0.2, 0.25) is 0 Å². The molecule has 0 atom stereocenters. The third kappa shape index (κ3) is 4.02. The Labute approximate surface area is 145 Å². The van der Waals surface area contributed by atoms with Gasteiger partial charge < -0.3 is 0 Å². The maximum Gasteiger partial charge on any atom is 0.280 e. The molecule has 0 bridgehead atoms. The molecule has 2 rings (SSSR count). The van der Waals surface area contributed by atoms with E-state index in [2.05, 4.69) is 16.7 Å². The quantitative estimate of drug-likeness (QED) is 0.651. The number of aromatic nitrogens is 3. The second kappa shape index (κ2) is 7.15. The third-order valence-corrected chi connectivity index (χ3v) is 4.53. The predicted molar refractivity (Wildman–Crippen MR) is 94.8 cm³/mol. The summed E-state index contributed by atoms with van der Waals surface area (Å²) in [5, 5.41) is 11.6. The molecule has 0 aliphatic carbocycles. The van der Waals surface area contributed by atoms with Gasteiger partial charge in [-0.2, -0.15) is 5.26 Å². The van der Waals surface area contributed by atoms with Gasteiger partial charge in [-0.15, -0.1) is 0 Å². The molecule has 0 spiro atoms. The minimum Gasteiger partial charge on any atom is -0.296 e. The highest BCUT2D eigenvalue weighted by molar-refractivity contribution is 7.90. The molecule has 8 heteroatoms. The SMILES string of the molecule is C=C/C(C#N)=C\C=C(/C)c1c[nH]n(-c2ccc(S(C)(=O)=O)cn2)c1=O. The van der Waals surface area contributed by atoms with Gasteiger partial charge in [0.2, 0.25) is 0 Å². The number of allylic oxidation sites excluding steroid dienone is 5. The summed E-state index contributed by atoms with van der Waals surface area (Å²) in [7, 11) is -3.35. The normalized spacial score (nSPS) is 12.7. The number of sulfone groups is 1. The summed E-state index contributed by atoms with van der Waals surface area (Å²) in [6, 6.07) is 4.81. The van der Waals surface area contributed by atoms with Gasteiger partial charge in [0.15, 0.2) is 15.7 Å². The predicted octanol–water partition coefficient (Wildman–Crippen LogP) is 2.00. The van der Waals surface area contributed by atoms with E-state index in [0.29, 0.717) is 16.7 Å². The van der Waals surface area contributed by atoms with Crippen LogP contribution >= 0.6 is 0 Å². The van der Waals surface area contributed by atoms with E-state index in [0.717, 1.165) is 6.26 Å². The van der Waals surface area contributed by atoms with Gasteiger partial charge in [0.1, 0.15) is 0 Å². The zero-order valence-electron chi connectivity index (χ0n) is 13.7. The van der Waals surface area contributed by atoms with Crippen LogP contribution in [0.25, 0.3) is 11.4 Å². The highest BCUT2D eigenvalue weighted by atomic mass is 32.2. The Balaban J connectivity index is 2.41. The fraction of sp³-hybridized carbons (Fsp3) is 0.118. The molecule has 0 aliphatic heterocycles. The Bertz CT molecular complexity index is 1060. The molecule has 0 radical (unpaired) electrons. The molecule has 2 heterocycles. The number of H-pyrrole nitrogens is 1. The molecule has 0 saturated heterocycles. The molecule has 0 saturated carbocycles. The van der Waals surface area contributed by atoms with Gasteiger partial charge >= 0.3 is 0 Å². The smallest absolute Gasteiger partial charge is 0.280 e. The topological polar surface area (TPSA) is 109 Å². The molecule has 0 amide bonds. The second-order valence-electron chi connectivity index (χ2n) is 5.24. The highest BCUT2D eigenvalue weighted by Gasteiger charge is 2.12. The third-order valence-electron chi connectivity index (χ3n) is 3.44. The van der Waals surface area contributed by atoms with E-state index in [1.807, 2.05) is 6.07 Å². The van der Waals surface area contributed by atoms with Crippen molar-refractivity contribution in [3.8, 4) is 11.9 Å². The van der Waals surface area contributed by atoms with Crippen LogP contribution in [0.4, 0.5) is 0 Å².